The molecule has 0 radical (unpaired) electrons. The van der Waals surface area contributed by atoms with E-state index < -0.39 is 0 Å². The fourth-order valence-corrected chi connectivity index (χ4v) is 2.18. The summed E-state index contributed by atoms with van der Waals surface area (Å²) in [6, 6.07) is 2.13. The second-order valence-corrected chi connectivity index (χ2v) is 5.03. The minimum Gasteiger partial charge on any atom is -0.465 e. The molecule has 2 aromatic rings. The summed E-state index contributed by atoms with van der Waals surface area (Å²) in [6.07, 6.45) is 0. The molecule has 0 unspecified atom stereocenters. The molecule has 0 atom stereocenters. The van der Waals surface area contributed by atoms with Gasteiger partial charge in [0.1, 0.15) is 11.5 Å². The van der Waals surface area contributed by atoms with E-state index in [1.807, 2.05) is 6.92 Å². The predicted molar refractivity (Wildman–Crippen MR) is 76.4 cm³/mol. The highest BCUT2D eigenvalue weighted by molar-refractivity contribution is 5.26. The van der Waals surface area contributed by atoms with Gasteiger partial charge in [-0.05, 0) is 45.9 Å². The molecule has 2 rings (SSSR count). The van der Waals surface area contributed by atoms with Gasteiger partial charge in [-0.1, -0.05) is 6.92 Å². The van der Waals surface area contributed by atoms with Crippen LogP contribution in [-0.2, 0) is 13.1 Å². The monoisotopic (exact) mass is 261 g/mol. The van der Waals surface area contributed by atoms with Crippen molar-refractivity contribution in [3.63, 3.8) is 0 Å². The van der Waals surface area contributed by atoms with Crippen LogP contribution in [0, 0.1) is 27.7 Å². The molecule has 4 heteroatoms. The zero-order valence-electron chi connectivity index (χ0n) is 12.5. The number of aryl methyl sites for hydroxylation is 2. The van der Waals surface area contributed by atoms with Crippen LogP contribution in [0.4, 0.5) is 0 Å². The van der Waals surface area contributed by atoms with E-state index in [-0.39, 0.29) is 0 Å². The Labute approximate surface area is 114 Å². The molecule has 0 saturated carbocycles. The Morgan fingerprint density at radius 3 is 2.58 bits per heavy atom. The van der Waals surface area contributed by atoms with Crippen molar-refractivity contribution in [3.05, 3.63) is 40.1 Å². The highest BCUT2D eigenvalue weighted by Crippen LogP contribution is 2.18. The highest BCUT2D eigenvalue weighted by atomic mass is 16.3. The summed E-state index contributed by atoms with van der Waals surface area (Å²) in [4.78, 5) is 0. The summed E-state index contributed by atoms with van der Waals surface area (Å²) in [5.74, 6) is 1.98. The first-order chi connectivity index (χ1) is 9.02. The van der Waals surface area contributed by atoms with Crippen molar-refractivity contribution >= 4 is 0 Å². The molecule has 0 aliphatic carbocycles. The molecule has 0 aliphatic heterocycles. The number of furan rings is 1. The van der Waals surface area contributed by atoms with Gasteiger partial charge in [0.05, 0.1) is 18.8 Å². The van der Waals surface area contributed by atoms with Gasteiger partial charge < -0.3 is 9.73 Å². The van der Waals surface area contributed by atoms with E-state index in [9.17, 15) is 0 Å². The molecule has 0 spiro atoms. The zero-order chi connectivity index (χ0) is 14.0. The molecular weight excluding hydrogens is 238 g/mol. The minimum atomic E-state index is 0.780. The molecule has 19 heavy (non-hydrogen) atoms. The Balaban J connectivity index is 2.18. The van der Waals surface area contributed by atoms with Crippen LogP contribution in [0.1, 0.15) is 41.0 Å². The number of aromatic nitrogens is 2. The van der Waals surface area contributed by atoms with Crippen molar-refractivity contribution < 1.29 is 4.42 Å². The maximum absolute atomic E-state index is 5.76. The molecule has 0 aromatic carbocycles. The summed E-state index contributed by atoms with van der Waals surface area (Å²) in [7, 11) is 0. The first-order valence-corrected chi connectivity index (χ1v) is 6.82. The third kappa shape index (κ3) is 2.89. The quantitative estimate of drug-likeness (QED) is 0.900. The fraction of sp³-hybridized carbons (Fsp3) is 0.533. The number of hydrogen-bond donors (Lipinski definition) is 1. The van der Waals surface area contributed by atoms with Gasteiger partial charge in [0.25, 0.3) is 0 Å². The van der Waals surface area contributed by atoms with E-state index in [1.165, 1.54) is 16.8 Å². The lowest BCUT2D eigenvalue weighted by Crippen LogP contribution is -2.10. The maximum Gasteiger partial charge on any atom is 0.118 e. The number of nitrogens with zero attached hydrogens (tertiary/aromatic N) is 2. The average molecular weight is 261 g/mol. The summed E-state index contributed by atoms with van der Waals surface area (Å²) in [5, 5.41) is 7.85. The van der Waals surface area contributed by atoms with Crippen LogP contribution in [0.3, 0.4) is 0 Å². The highest BCUT2D eigenvalue weighted by Gasteiger charge is 2.12. The molecule has 4 nitrogen and oxygen atoms in total. The summed E-state index contributed by atoms with van der Waals surface area (Å²) in [5.41, 5.74) is 4.81. The van der Waals surface area contributed by atoms with Gasteiger partial charge in [-0.25, -0.2) is 0 Å². The lowest BCUT2D eigenvalue weighted by atomic mass is 10.2. The second-order valence-electron chi connectivity index (χ2n) is 5.03. The van der Waals surface area contributed by atoms with Gasteiger partial charge in [-0.2, -0.15) is 5.10 Å². The molecular formula is C15H23N3O. The topological polar surface area (TPSA) is 43.0 Å². The second kappa shape index (κ2) is 5.61. The molecule has 0 aliphatic rings. The van der Waals surface area contributed by atoms with Crippen LogP contribution >= 0.6 is 0 Å². The van der Waals surface area contributed by atoms with Crippen LogP contribution in [0.2, 0.25) is 0 Å². The first kappa shape index (κ1) is 13.9. The Hall–Kier alpha value is -1.55. The van der Waals surface area contributed by atoms with Gasteiger partial charge >= 0.3 is 0 Å². The Kier molecular flexibility index (Phi) is 4.10. The fourth-order valence-electron chi connectivity index (χ4n) is 2.18. The van der Waals surface area contributed by atoms with Crippen molar-refractivity contribution in [1.29, 1.82) is 0 Å². The van der Waals surface area contributed by atoms with E-state index in [0.717, 1.165) is 36.8 Å². The van der Waals surface area contributed by atoms with E-state index in [4.69, 9.17) is 4.42 Å². The Bertz CT molecular complexity index is 566. The van der Waals surface area contributed by atoms with Gasteiger partial charge in [-0.3, -0.25) is 4.68 Å². The van der Waals surface area contributed by atoms with Gasteiger partial charge in [0.15, 0.2) is 0 Å². The van der Waals surface area contributed by atoms with Gasteiger partial charge in [0, 0.05) is 11.3 Å². The van der Waals surface area contributed by atoms with E-state index in [1.54, 1.807) is 0 Å². The summed E-state index contributed by atoms with van der Waals surface area (Å²) in [6.45, 7) is 12.9. The predicted octanol–water partition coefficient (Wildman–Crippen LogP) is 2.87. The van der Waals surface area contributed by atoms with Crippen LogP contribution in [-0.4, -0.2) is 16.3 Å². The third-order valence-corrected chi connectivity index (χ3v) is 3.68. The number of hydrogen-bond acceptors (Lipinski definition) is 3. The lowest BCUT2D eigenvalue weighted by Gasteiger charge is -2.03. The van der Waals surface area contributed by atoms with Crippen molar-refractivity contribution in [3.8, 4) is 0 Å². The van der Waals surface area contributed by atoms with Crippen LogP contribution in [0.25, 0.3) is 0 Å². The first-order valence-electron chi connectivity index (χ1n) is 6.82. The average Bonchev–Trinajstić information content (AvgIpc) is 2.84. The molecule has 0 saturated heterocycles. The minimum absolute atomic E-state index is 0.780. The largest absolute Gasteiger partial charge is 0.465 e. The summed E-state index contributed by atoms with van der Waals surface area (Å²) >= 11 is 0. The van der Waals surface area contributed by atoms with E-state index in [2.05, 4.69) is 48.9 Å². The third-order valence-electron chi connectivity index (χ3n) is 3.68. The van der Waals surface area contributed by atoms with E-state index in [0.29, 0.717) is 0 Å². The van der Waals surface area contributed by atoms with Crippen LogP contribution < -0.4 is 5.32 Å². The van der Waals surface area contributed by atoms with Crippen molar-refractivity contribution in [1.82, 2.24) is 15.1 Å². The van der Waals surface area contributed by atoms with Crippen molar-refractivity contribution in [2.45, 2.75) is 47.7 Å². The maximum atomic E-state index is 5.76. The van der Waals surface area contributed by atoms with Crippen LogP contribution in [0.5, 0.6) is 0 Å². The molecule has 2 aromatic heterocycles. The Morgan fingerprint density at radius 2 is 2.00 bits per heavy atom. The van der Waals surface area contributed by atoms with E-state index >= 15 is 0 Å². The smallest absolute Gasteiger partial charge is 0.118 e. The molecule has 2 heterocycles. The molecule has 104 valence electrons. The summed E-state index contributed by atoms with van der Waals surface area (Å²) < 4.78 is 7.82. The van der Waals surface area contributed by atoms with Crippen LogP contribution in [0.15, 0.2) is 10.5 Å². The van der Waals surface area contributed by atoms with Crippen molar-refractivity contribution in [2.24, 2.45) is 0 Å². The normalized spacial score (nSPS) is 11.2. The van der Waals surface area contributed by atoms with Gasteiger partial charge in [0.2, 0.25) is 0 Å². The lowest BCUT2D eigenvalue weighted by molar-refractivity contribution is 0.461. The molecule has 0 amide bonds. The van der Waals surface area contributed by atoms with Gasteiger partial charge in [-0.15, -0.1) is 0 Å². The molecule has 1 N–H and O–H groups in total. The zero-order valence-corrected chi connectivity index (χ0v) is 12.5. The standard InChI is InChI=1S/C15H23N3O/c1-6-16-8-15-7-14(13(5)19-15)9-18-12(4)10(2)11(3)17-18/h7,16H,6,8-9H2,1-5H3. The van der Waals surface area contributed by atoms with Crippen molar-refractivity contribution in [2.75, 3.05) is 6.54 Å². The Morgan fingerprint density at radius 1 is 1.26 bits per heavy atom. The number of rotatable bonds is 5. The molecule has 0 fully saturated rings. The number of nitrogens with one attached hydrogen (secondary N) is 1. The molecule has 0 bridgehead atoms. The SMILES string of the molecule is CCNCc1cc(Cn2nc(C)c(C)c2C)c(C)o1.